The first kappa shape index (κ1) is 15.7. The molecule has 0 aliphatic heterocycles. The number of carbonyl (C=O) groups excluding carboxylic acids is 1. The number of fused-ring (bicyclic) bond motifs is 3. The molecule has 2 atom stereocenters. The lowest BCUT2D eigenvalue weighted by molar-refractivity contribution is -0.142. The van der Waals surface area contributed by atoms with Crippen molar-refractivity contribution in [3.05, 3.63) is 16.8 Å². The van der Waals surface area contributed by atoms with Crippen molar-refractivity contribution in [3.63, 3.8) is 0 Å². The SMILES string of the molecule is CCOC(=O)C(C)Sc1ncnc2sc3c(c12)CCC(C)C3. The molecule has 0 saturated heterocycles. The van der Waals surface area contributed by atoms with Crippen molar-refractivity contribution in [2.75, 3.05) is 6.61 Å². The minimum atomic E-state index is -0.254. The van der Waals surface area contributed by atoms with E-state index in [9.17, 15) is 4.79 Å². The van der Waals surface area contributed by atoms with Crippen LogP contribution in [0.5, 0.6) is 0 Å². The number of thiophene rings is 1. The summed E-state index contributed by atoms with van der Waals surface area (Å²) in [5, 5.41) is 1.82. The van der Waals surface area contributed by atoms with Crippen LogP contribution in [-0.4, -0.2) is 27.8 Å². The molecule has 2 aromatic rings. The van der Waals surface area contributed by atoms with Crippen LogP contribution in [0, 0.1) is 5.92 Å². The van der Waals surface area contributed by atoms with Crippen LogP contribution in [0.2, 0.25) is 0 Å². The van der Waals surface area contributed by atoms with Gasteiger partial charge in [0, 0.05) is 10.3 Å². The van der Waals surface area contributed by atoms with E-state index in [4.69, 9.17) is 4.74 Å². The van der Waals surface area contributed by atoms with E-state index >= 15 is 0 Å². The summed E-state index contributed by atoms with van der Waals surface area (Å²) in [6.45, 7) is 6.41. The lowest BCUT2D eigenvalue weighted by Gasteiger charge is -2.18. The van der Waals surface area contributed by atoms with Gasteiger partial charge >= 0.3 is 5.97 Å². The van der Waals surface area contributed by atoms with Crippen LogP contribution in [0.3, 0.4) is 0 Å². The van der Waals surface area contributed by atoms with Crippen LogP contribution < -0.4 is 0 Å². The van der Waals surface area contributed by atoms with Crippen LogP contribution in [0.1, 0.15) is 37.6 Å². The zero-order valence-electron chi connectivity index (χ0n) is 13.1. The van der Waals surface area contributed by atoms with Gasteiger partial charge < -0.3 is 4.74 Å². The fraction of sp³-hybridized carbons (Fsp3) is 0.562. The third-order valence-electron chi connectivity index (χ3n) is 3.96. The van der Waals surface area contributed by atoms with Gasteiger partial charge in [0.05, 0.1) is 6.61 Å². The van der Waals surface area contributed by atoms with Crippen molar-refractivity contribution < 1.29 is 9.53 Å². The molecular weight excluding hydrogens is 316 g/mol. The quantitative estimate of drug-likeness (QED) is 0.482. The molecule has 118 valence electrons. The predicted molar refractivity (Wildman–Crippen MR) is 90.6 cm³/mol. The Morgan fingerprint density at radius 3 is 3.14 bits per heavy atom. The number of hydrogen-bond donors (Lipinski definition) is 0. The summed E-state index contributed by atoms with van der Waals surface area (Å²) in [4.78, 5) is 23.2. The third kappa shape index (κ3) is 2.99. The van der Waals surface area contributed by atoms with Crippen LogP contribution >= 0.6 is 23.1 Å². The summed E-state index contributed by atoms with van der Waals surface area (Å²) < 4.78 is 5.10. The molecule has 0 N–H and O–H groups in total. The summed E-state index contributed by atoms with van der Waals surface area (Å²) in [6, 6.07) is 0. The number of carbonyl (C=O) groups is 1. The molecule has 22 heavy (non-hydrogen) atoms. The molecule has 1 aliphatic carbocycles. The second kappa shape index (κ2) is 6.54. The predicted octanol–water partition coefficient (Wildman–Crippen LogP) is 3.86. The van der Waals surface area contributed by atoms with Gasteiger partial charge in [0.2, 0.25) is 0 Å². The maximum atomic E-state index is 11.9. The average Bonchev–Trinajstić information content (AvgIpc) is 2.85. The van der Waals surface area contributed by atoms with Gasteiger partial charge in [-0.1, -0.05) is 18.7 Å². The van der Waals surface area contributed by atoms with Crippen molar-refractivity contribution in [1.82, 2.24) is 9.97 Å². The minimum absolute atomic E-state index is 0.183. The van der Waals surface area contributed by atoms with Crippen LogP contribution in [0.4, 0.5) is 0 Å². The molecule has 3 rings (SSSR count). The minimum Gasteiger partial charge on any atom is -0.465 e. The molecule has 0 radical (unpaired) electrons. The number of aromatic nitrogens is 2. The molecule has 0 aromatic carbocycles. The number of rotatable bonds is 4. The van der Waals surface area contributed by atoms with Gasteiger partial charge in [-0.3, -0.25) is 4.79 Å². The fourth-order valence-corrected chi connectivity index (χ4v) is 5.17. The zero-order valence-corrected chi connectivity index (χ0v) is 14.7. The van der Waals surface area contributed by atoms with Gasteiger partial charge in [-0.05, 0) is 44.6 Å². The topological polar surface area (TPSA) is 52.1 Å². The van der Waals surface area contributed by atoms with E-state index in [1.807, 2.05) is 13.8 Å². The summed E-state index contributed by atoms with van der Waals surface area (Å²) in [5.74, 6) is 0.556. The molecule has 2 aromatic heterocycles. The van der Waals surface area contributed by atoms with E-state index < -0.39 is 0 Å². The van der Waals surface area contributed by atoms with E-state index in [1.54, 1.807) is 17.7 Å². The first-order valence-corrected chi connectivity index (χ1v) is 9.38. The normalized spacial score (nSPS) is 19.0. The highest BCUT2D eigenvalue weighted by molar-refractivity contribution is 8.00. The Balaban J connectivity index is 1.95. The standard InChI is InChI=1S/C16H20N2O2S2/c1-4-20-16(19)10(3)21-14-13-11-6-5-9(2)7-12(11)22-15(13)18-8-17-14/h8-10H,4-7H2,1-3H3. The Bertz CT molecular complexity index is 699. The molecule has 2 unspecified atom stereocenters. The van der Waals surface area contributed by atoms with Crippen molar-refractivity contribution in [1.29, 1.82) is 0 Å². The van der Waals surface area contributed by atoms with Crippen molar-refractivity contribution >= 4 is 39.3 Å². The van der Waals surface area contributed by atoms with E-state index in [-0.39, 0.29) is 11.2 Å². The molecule has 0 spiro atoms. The molecule has 1 aliphatic rings. The monoisotopic (exact) mass is 336 g/mol. The molecule has 0 bridgehead atoms. The average molecular weight is 336 g/mol. The molecule has 0 fully saturated rings. The van der Waals surface area contributed by atoms with E-state index in [2.05, 4.69) is 16.9 Å². The largest absolute Gasteiger partial charge is 0.465 e. The highest BCUT2D eigenvalue weighted by Crippen LogP contribution is 2.41. The maximum Gasteiger partial charge on any atom is 0.319 e. The number of nitrogens with zero attached hydrogens (tertiary/aromatic N) is 2. The first-order chi connectivity index (χ1) is 10.6. The van der Waals surface area contributed by atoms with Gasteiger partial charge in [0.1, 0.15) is 21.4 Å². The number of ether oxygens (including phenoxy) is 1. The van der Waals surface area contributed by atoms with Gasteiger partial charge in [0.15, 0.2) is 0 Å². The second-order valence-electron chi connectivity index (χ2n) is 5.72. The van der Waals surface area contributed by atoms with Gasteiger partial charge in [-0.25, -0.2) is 9.97 Å². The maximum absolute atomic E-state index is 11.9. The molecule has 2 heterocycles. The summed E-state index contributed by atoms with van der Waals surface area (Å²) in [7, 11) is 0. The van der Waals surface area contributed by atoms with E-state index in [0.29, 0.717) is 6.61 Å². The Labute approximate surface area is 138 Å². The van der Waals surface area contributed by atoms with Crippen LogP contribution in [0.15, 0.2) is 11.4 Å². The molecular formula is C16H20N2O2S2. The fourth-order valence-electron chi connectivity index (χ4n) is 2.81. The zero-order chi connectivity index (χ0) is 15.7. The molecule has 6 heteroatoms. The summed E-state index contributed by atoms with van der Waals surface area (Å²) in [5.41, 5.74) is 1.40. The van der Waals surface area contributed by atoms with Crippen LogP contribution in [0.25, 0.3) is 10.2 Å². The number of thioether (sulfide) groups is 1. The van der Waals surface area contributed by atoms with Gasteiger partial charge in [-0.2, -0.15) is 0 Å². The van der Waals surface area contributed by atoms with Crippen molar-refractivity contribution in [2.24, 2.45) is 5.92 Å². The van der Waals surface area contributed by atoms with Gasteiger partial charge in [-0.15, -0.1) is 11.3 Å². The summed E-state index contributed by atoms with van der Waals surface area (Å²) >= 11 is 3.26. The van der Waals surface area contributed by atoms with Crippen molar-refractivity contribution in [3.8, 4) is 0 Å². The number of hydrogen-bond acceptors (Lipinski definition) is 6. The molecule has 4 nitrogen and oxygen atoms in total. The molecule has 0 saturated carbocycles. The Hall–Kier alpha value is -1.14. The lowest BCUT2D eigenvalue weighted by Crippen LogP contribution is -2.17. The first-order valence-electron chi connectivity index (χ1n) is 7.68. The Morgan fingerprint density at radius 1 is 1.55 bits per heavy atom. The second-order valence-corrected chi connectivity index (χ2v) is 8.14. The number of esters is 1. The number of aryl methyl sites for hydroxylation is 1. The molecule has 0 amide bonds. The van der Waals surface area contributed by atoms with E-state index in [0.717, 1.165) is 34.0 Å². The van der Waals surface area contributed by atoms with E-state index in [1.165, 1.54) is 28.6 Å². The van der Waals surface area contributed by atoms with Gasteiger partial charge in [0.25, 0.3) is 0 Å². The Morgan fingerprint density at radius 2 is 2.36 bits per heavy atom. The Kier molecular flexibility index (Phi) is 4.68. The lowest BCUT2D eigenvalue weighted by atomic mass is 9.89. The highest BCUT2D eigenvalue weighted by atomic mass is 32.2. The summed E-state index contributed by atoms with van der Waals surface area (Å²) in [6.07, 6.45) is 5.04. The highest BCUT2D eigenvalue weighted by Gasteiger charge is 2.25. The van der Waals surface area contributed by atoms with Crippen molar-refractivity contribution in [2.45, 2.75) is 50.3 Å². The smallest absolute Gasteiger partial charge is 0.319 e. The van der Waals surface area contributed by atoms with Crippen LogP contribution in [-0.2, 0) is 22.4 Å². The third-order valence-corrected chi connectivity index (χ3v) is 6.21.